The number of nitrogens with one attached hydrogen (secondary N) is 4. The van der Waals surface area contributed by atoms with Crippen molar-refractivity contribution in [2.45, 2.75) is 75.4 Å². The number of hydrogen-bond donors (Lipinski definition) is 4. The highest BCUT2D eigenvalue weighted by atomic mass is 32.2. The van der Waals surface area contributed by atoms with Crippen molar-refractivity contribution in [2.24, 2.45) is 17.8 Å². The summed E-state index contributed by atoms with van der Waals surface area (Å²) < 4.78 is 29.8. The topological polar surface area (TPSA) is 92.0 Å². The molecule has 5 rings (SSSR count). The van der Waals surface area contributed by atoms with Crippen molar-refractivity contribution in [3.8, 4) is 0 Å². The van der Waals surface area contributed by atoms with Gasteiger partial charge in [0, 0.05) is 45.3 Å². The van der Waals surface area contributed by atoms with Crippen LogP contribution in [0.25, 0.3) is 0 Å². The molecule has 0 amide bonds. The Morgan fingerprint density at radius 1 is 1.03 bits per heavy atom. The molecule has 0 aromatic carbocycles. The molecule has 10 heteroatoms. The molecule has 190 valence electrons. The van der Waals surface area contributed by atoms with Crippen molar-refractivity contribution >= 4 is 10.0 Å². The number of nitrogens with zero attached hydrogens (tertiary/aromatic N) is 3. The van der Waals surface area contributed by atoms with E-state index in [0.29, 0.717) is 24.9 Å². The molecule has 5 aliphatic rings. The molecule has 0 aromatic rings. The first-order chi connectivity index (χ1) is 15.9. The van der Waals surface area contributed by atoms with Crippen LogP contribution in [0.1, 0.15) is 51.9 Å². The van der Waals surface area contributed by atoms with Gasteiger partial charge in [0.1, 0.15) is 5.25 Å². The van der Waals surface area contributed by atoms with E-state index in [9.17, 15) is 8.42 Å². The van der Waals surface area contributed by atoms with Gasteiger partial charge < -0.3 is 10.2 Å². The van der Waals surface area contributed by atoms with E-state index in [-0.39, 0.29) is 18.2 Å². The van der Waals surface area contributed by atoms with Crippen LogP contribution in [0.4, 0.5) is 0 Å². The van der Waals surface area contributed by atoms with E-state index in [2.05, 4.69) is 42.7 Å². The van der Waals surface area contributed by atoms with Crippen LogP contribution in [-0.4, -0.2) is 99.7 Å². The van der Waals surface area contributed by atoms with Crippen LogP contribution in [0.2, 0.25) is 0 Å². The van der Waals surface area contributed by atoms with Crippen LogP contribution < -0.4 is 20.9 Å². The Bertz CT molecular complexity index is 758. The fourth-order valence-corrected chi connectivity index (χ4v) is 8.40. The summed E-state index contributed by atoms with van der Waals surface area (Å²) in [6.07, 6.45) is 8.38. The number of sulfonamides is 1. The molecule has 9 nitrogen and oxygen atoms in total. The van der Waals surface area contributed by atoms with Gasteiger partial charge >= 0.3 is 0 Å². The molecule has 33 heavy (non-hydrogen) atoms. The zero-order chi connectivity index (χ0) is 23.0. The minimum Gasteiger partial charge on any atom is -0.303 e. The van der Waals surface area contributed by atoms with Crippen molar-refractivity contribution in [2.75, 3.05) is 52.9 Å². The van der Waals surface area contributed by atoms with Gasteiger partial charge in [-0.25, -0.2) is 23.2 Å². The number of likely N-dealkylation sites (N-methyl/N-ethyl adjacent to an activating group) is 1. The van der Waals surface area contributed by atoms with E-state index in [1.807, 2.05) is 7.05 Å². The Morgan fingerprint density at radius 3 is 2.67 bits per heavy atom. The fraction of sp³-hybridized carbons (Fsp3) is 1.00. The first-order valence-electron chi connectivity index (χ1n) is 13.3. The summed E-state index contributed by atoms with van der Waals surface area (Å²) in [4.78, 5) is 2.65. The second-order valence-electron chi connectivity index (χ2n) is 11.4. The maximum absolute atomic E-state index is 13.3. The van der Waals surface area contributed by atoms with Crippen LogP contribution in [0, 0.1) is 17.8 Å². The van der Waals surface area contributed by atoms with Crippen molar-refractivity contribution in [3.63, 3.8) is 0 Å². The van der Waals surface area contributed by atoms with Crippen LogP contribution in [0.15, 0.2) is 0 Å². The zero-order valence-corrected chi connectivity index (χ0v) is 21.3. The Balaban J connectivity index is 1.13. The first kappa shape index (κ1) is 24.4. The lowest BCUT2D eigenvalue weighted by molar-refractivity contribution is 0.0748. The lowest BCUT2D eigenvalue weighted by Crippen LogP contribution is -2.56. The number of fused-ring (bicyclic) bond motifs is 1. The number of hydrazine groups is 2. The zero-order valence-electron chi connectivity index (χ0n) is 20.5. The molecule has 4 saturated heterocycles. The van der Waals surface area contributed by atoms with Gasteiger partial charge in [0.2, 0.25) is 10.0 Å². The van der Waals surface area contributed by atoms with E-state index < -0.39 is 15.3 Å². The first-order valence-corrected chi connectivity index (χ1v) is 14.9. The van der Waals surface area contributed by atoms with E-state index in [0.717, 1.165) is 38.3 Å². The number of hydrogen-bond acceptors (Lipinski definition) is 8. The third-order valence-corrected chi connectivity index (χ3v) is 10.8. The molecule has 0 radical (unpaired) electrons. The minimum atomic E-state index is -3.38. The second-order valence-corrected chi connectivity index (χ2v) is 13.4. The van der Waals surface area contributed by atoms with Gasteiger partial charge in [-0.2, -0.15) is 0 Å². The highest BCUT2D eigenvalue weighted by molar-refractivity contribution is 7.90. The average Bonchev–Trinajstić information content (AvgIpc) is 3.44. The summed E-state index contributed by atoms with van der Waals surface area (Å²) in [6, 6.07) is 0.268. The molecule has 1 saturated carbocycles. The molecule has 1 aliphatic carbocycles. The van der Waals surface area contributed by atoms with Crippen molar-refractivity contribution in [1.82, 2.24) is 35.8 Å². The molecule has 0 aromatic heterocycles. The van der Waals surface area contributed by atoms with Crippen LogP contribution in [0.3, 0.4) is 0 Å². The molecule has 6 unspecified atom stereocenters. The fourth-order valence-electron chi connectivity index (χ4n) is 6.88. The Kier molecular flexibility index (Phi) is 7.64. The highest BCUT2D eigenvalue weighted by Crippen LogP contribution is 2.31. The lowest BCUT2D eigenvalue weighted by atomic mass is 9.82. The van der Waals surface area contributed by atoms with Gasteiger partial charge in [-0.15, -0.1) is 0 Å². The number of rotatable bonds is 6. The molecule has 4 heterocycles. The summed E-state index contributed by atoms with van der Waals surface area (Å²) in [5.74, 6) is 2.10. The summed E-state index contributed by atoms with van der Waals surface area (Å²) in [7, 11) is -1.33. The Labute approximate surface area is 200 Å². The molecule has 0 spiro atoms. The predicted molar refractivity (Wildman–Crippen MR) is 131 cm³/mol. The van der Waals surface area contributed by atoms with E-state index >= 15 is 0 Å². The van der Waals surface area contributed by atoms with Crippen LogP contribution in [0.5, 0.6) is 0 Å². The minimum absolute atomic E-state index is 0.00671. The standard InChI is InChI=1S/C23H45N7O2S/c1-17-7-10-29(11-8-17)15-18-6-9-24-22(12-18)30-16-20(14-26-30)33(31,32)27-21-5-3-4-19-13-25-28(2)23(19)21/h17-27H,3-16H2,1-2H3. The van der Waals surface area contributed by atoms with Gasteiger partial charge in [0.25, 0.3) is 0 Å². The monoisotopic (exact) mass is 483 g/mol. The lowest BCUT2D eigenvalue weighted by Gasteiger charge is -2.39. The molecular weight excluding hydrogens is 438 g/mol. The second kappa shape index (κ2) is 10.3. The van der Waals surface area contributed by atoms with Crippen molar-refractivity contribution in [3.05, 3.63) is 0 Å². The van der Waals surface area contributed by atoms with E-state index in [1.54, 1.807) is 0 Å². The predicted octanol–water partition coefficient (Wildman–Crippen LogP) is 0.140. The molecular formula is C23H45N7O2S. The van der Waals surface area contributed by atoms with Crippen molar-refractivity contribution < 1.29 is 8.42 Å². The molecule has 4 aliphatic heterocycles. The highest BCUT2D eigenvalue weighted by Gasteiger charge is 2.44. The number of piperidine rings is 2. The quantitative estimate of drug-likeness (QED) is 0.424. The molecule has 5 fully saturated rings. The molecule has 6 atom stereocenters. The van der Waals surface area contributed by atoms with Gasteiger partial charge in [0.15, 0.2) is 0 Å². The molecule has 0 bridgehead atoms. The summed E-state index contributed by atoms with van der Waals surface area (Å²) in [5.41, 5.74) is 6.82. The third kappa shape index (κ3) is 5.58. The third-order valence-electron chi connectivity index (χ3n) is 8.97. The van der Waals surface area contributed by atoms with Gasteiger partial charge in [-0.1, -0.05) is 13.3 Å². The van der Waals surface area contributed by atoms with Gasteiger partial charge in [-0.05, 0) is 75.9 Å². The summed E-state index contributed by atoms with van der Waals surface area (Å²) in [6.45, 7) is 9.04. The van der Waals surface area contributed by atoms with Crippen LogP contribution >= 0.6 is 0 Å². The van der Waals surface area contributed by atoms with E-state index in [4.69, 9.17) is 0 Å². The Hall–Kier alpha value is -0.330. The molecule has 4 N–H and O–H groups in total. The summed E-state index contributed by atoms with van der Waals surface area (Å²) >= 11 is 0. The van der Waals surface area contributed by atoms with Crippen LogP contribution in [-0.2, 0) is 10.0 Å². The summed E-state index contributed by atoms with van der Waals surface area (Å²) in [5, 5.41) is 7.54. The van der Waals surface area contributed by atoms with E-state index in [1.165, 1.54) is 45.3 Å². The Morgan fingerprint density at radius 2 is 1.85 bits per heavy atom. The SMILES string of the molecule is CC1CCN(CC2CCNC(N3CC(S(=O)(=O)NC4CCCC5CNN(C)C54)CN3)C2)CC1. The largest absolute Gasteiger partial charge is 0.303 e. The normalized spacial score (nSPS) is 40.3. The van der Waals surface area contributed by atoms with Crippen molar-refractivity contribution in [1.29, 1.82) is 0 Å². The van der Waals surface area contributed by atoms with Gasteiger partial charge in [-0.3, -0.25) is 10.9 Å². The smallest absolute Gasteiger partial charge is 0.217 e. The number of likely N-dealkylation sites (tertiary alicyclic amines) is 1. The van der Waals surface area contributed by atoms with Gasteiger partial charge in [0.05, 0.1) is 6.17 Å². The maximum atomic E-state index is 13.3. The maximum Gasteiger partial charge on any atom is 0.217 e. The average molecular weight is 484 g/mol.